The van der Waals surface area contributed by atoms with Crippen LogP contribution in [0.1, 0.15) is 119 Å². The van der Waals surface area contributed by atoms with Gasteiger partial charge in [0, 0.05) is 50.9 Å². The van der Waals surface area contributed by atoms with Crippen molar-refractivity contribution in [1.29, 1.82) is 0 Å². The molecule has 0 amide bonds. The molecule has 14 nitrogen and oxygen atoms in total. The van der Waals surface area contributed by atoms with Crippen molar-refractivity contribution in [3.63, 3.8) is 0 Å². The summed E-state index contributed by atoms with van der Waals surface area (Å²) in [7, 11) is 0. The first-order chi connectivity index (χ1) is 35.2. The summed E-state index contributed by atoms with van der Waals surface area (Å²) in [5, 5.41) is 3.19. The number of hydrogen-bond donors (Lipinski definition) is 2. The normalized spacial score (nSPS) is 11.8. The summed E-state index contributed by atoms with van der Waals surface area (Å²) < 4.78 is 41.0. The molecule has 72 heavy (non-hydrogen) atoms. The summed E-state index contributed by atoms with van der Waals surface area (Å²) >= 11 is 4.74. The van der Waals surface area contributed by atoms with Crippen LogP contribution in [-0.4, -0.2) is 79.5 Å². The van der Waals surface area contributed by atoms with Gasteiger partial charge in [-0.3, -0.25) is 0 Å². The number of unbranched alkanes of at least 4 members (excludes halogenated alkanes) is 6. The van der Waals surface area contributed by atoms with E-state index in [4.69, 9.17) is 58.3 Å². The summed E-state index contributed by atoms with van der Waals surface area (Å²) in [6, 6.07) is 16.3. The molecular weight excluding hydrogens is 1130 g/mol. The zero-order valence-corrected chi connectivity index (χ0v) is 46.6. The van der Waals surface area contributed by atoms with E-state index >= 15 is 0 Å². The van der Waals surface area contributed by atoms with Crippen LogP contribution in [0.2, 0.25) is 0 Å². The van der Waals surface area contributed by atoms with E-state index in [9.17, 15) is 0 Å². The number of aromatic amines is 2. The molecular formula is C56H64I2N8O6. The monoisotopic (exact) mass is 1200 g/mol. The van der Waals surface area contributed by atoms with Crippen LogP contribution >= 0.6 is 45.2 Å². The second-order valence-electron chi connectivity index (χ2n) is 18.2. The van der Waals surface area contributed by atoms with Crippen LogP contribution in [0.5, 0.6) is 34.5 Å². The molecule has 0 saturated heterocycles. The number of nitrogens with one attached hydrogen (secondary N) is 2. The van der Waals surface area contributed by atoms with Crippen molar-refractivity contribution in [3.05, 3.63) is 55.7 Å². The average Bonchev–Trinajstić information content (AvgIpc) is 4.09. The number of H-pyrrole nitrogens is 2. The number of aromatic nitrogens is 8. The second kappa shape index (κ2) is 24.0. The van der Waals surface area contributed by atoms with E-state index in [-0.39, 0.29) is 0 Å². The molecule has 0 fully saturated rings. The Labute approximate surface area is 448 Å². The third-order valence-electron chi connectivity index (χ3n) is 12.6. The number of hydrogen-bond acceptors (Lipinski definition) is 12. The van der Waals surface area contributed by atoms with Gasteiger partial charge in [0.25, 0.3) is 0 Å². The maximum atomic E-state index is 6.49. The fraction of sp³-hybridized carbons (Fsp3) is 0.429. The zero-order valence-electron chi connectivity index (χ0n) is 42.2. The topological polar surface area (TPSA) is 164 Å². The van der Waals surface area contributed by atoms with E-state index in [0.717, 1.165) is 128 Å². The molecule has 3 aromatic heterocycles. The smallest absolute Gasteiger partial charge is 0.164 e. The van der Waals surface area contributed by atoms with Gasteiger partial charge in [-0.2, -0.15) is 0 Å². The highest BCUT2D eigenvalue weighted by atomic mass is 127. The Morgan fingerprint density at radius 1 is 0.319 bits per heavy atom. The summed E-state index contributed by atoms with van der Waals surface area (Å²) in [5.74, 6) is 5.74. The molecule has 9 rings (SSSR count). The van der Waals surface area contributed by atoms with Crippen molar-refractivity contribution >= 4 is 89.3 Å². The number of halogens is 2. The standard InChI is InChI=1S/C56H64I2N8O6/c1-7-13-19-67-43-27-35-37(29-45(43)69-21-15-9-3)53-62-51(35)60-49-33-25-41(57)42(58)26-34(33)50(59-49)61-52-36-28-44(68-20-14-8-2)46(70-22-16-10-4)30-38(36)54(63-52)65-56-40-32-48(72-24-18-12-6)47(71-23-17-11-5)31-39(40)55(64-53)66-56/h25-32H,7-24H2,1-6H3,(H2,59,60,61,62,63,64,65,66). The predicted octanol–water partition coefficient (Wildman–Crippen LogP) is 15.2. The number of fused-ring (bicyclic) bond motifs is 20. The van der Waals surface area contributed by atoms with Crippen molar-refractivity contribution in [2.75, 3.05) is 39.6 Å². The van der Waals surface area contributed by atoms with Gasteiger partial charge in [-0.25, -0.2) is 29.9 Å². The fourth-order valence-corrected chi connectivity index (χ4v) is 9.37. The minimum atomic E-state index is 0.448. The molecule has 2 aliphatic heterocycles. The lowest BCUT2D eigenvalue weighted by Crippen LogP contribution is -2.03. The van der Waals surface area contributed by atoms with Gasteiger partial charge in [-0.05, 0) is 132 Å². The number of benzene rings is 4. The SMILES string of the molecule is CCCCOc1cc2c(cc1OCCCC)-c1nc-2nc2nc(nc3[nH]c(nc4[nH]c(n1)c1cc(OCCCC)c(OCCCC)cc41)c1cc(OCCCC)c(OCCCC)cc31)-c1cc(I)c(I)cc1-2. The molecule has 2 N–H and O–H groups in total. The summed E-state index contributed by atoms with van der Waals surface area (Å²) in [5.41, 5.74) is 5.44. The highest BCUT2D eigenvalue weighted by molar-refractivity contribution is 14.1. The van der Waals surface area contributed by atoms with E-state index in [2.05, 4.69) is 109 Å². The minimum absolute atomic E-state index is 0.448. The molecule has 0 saturated carbocycles. The molecule has 7 aromatic rings. The Balaban J connectivity index is 1.40. The molecule has 378 valence electrons. The largest absolute Gasteiger partial charge is 0.490 e. The number of rotatable bonds is 24. The van der Waals surface area contributed by atoms with E-state index in [1.54, 1.807) is 0 Å². The lowest BCUT2D eigenvalue weighted by atomic mass is 10.1. The molecule has 0 spiro atoms. The molecule has 0 aliphatic carbocycles. The highest BCUT2D eigenvalue weighted by Crippen LogP contribution is 2.45. The van der Waals surface area contributed by atoms with Gasteiger partial charge in [0.2, 0.25) is 0 Å². The van der Waals surface area contributed by atoms with E-state index < -0.39 is 0 Å². The Morgan fingerprint density at radius 3 is 0.833 bits per heavy atom. The van der Waals surface area contributed by atoms with Crippen molar-refractivity contribution < 1.29 is 28.4 Å². The van der Waals surface area contributed by atoms with Crippen molar-refractivity contribution in [2.45, 2.75) is 119 Å². The Kier molecular flexibility index (Phi) is 17.2. The first kappa shape index (κ1) is 51.4. The van der Waals surface area contributed by atoms with E-state index in [0.29, 0.717) is 120 Å². The predicted molar refractivity (Wildman–Crippen MR) is 304 cm³/mol. The van der Waals surface area contributed by atoms with Gasteiger partial charge < -0.3 is 38.4 Å². The maximum absolute atomic E-state index is 6.49. The lowest BCUT2D eigenvalue weighted by Gasteiger charge is -2.14. The third kappa shape index (κ3) is 11.2. The van der Waals surface area contributed by atoms with E-state index in [1.807, 2.05) is 36.4 Å². The Hall–Kier alpha value is -5.50. The first-order valence-corrected chi connectivity index (χ1v) is 28.0. The van der Waals surface area contributed by atoms with Crippen LogP contribution in [0.3, 0.4) is 0 Å². The number of ether oxygens (including phenoxy) is 6. The van der Waals surface area contributed by atoms with Crippen LogP contribution in [-0.2, 0) is 0 Å². The van der Waals surface area contributed by atoms with Crippen LogP contribution in [0, 0.1) is 7.14 Å². The molecule has 4 aromatic carbocycles. The fourth-order valence-electron chi connectivity index (χ4n) is 8.44. The van der Waals surface area contributed by atoms with Gasteiger partial charge >= 0.3 is 0 Å². The van der Waals surface area contributed by atoms with Gasteiger partial charge in [-0.15, -0.1) is 0 Å². The molecule has 16 heteroatoms. The van der Waals surface area contributed by atoms with Crippen molar-refractivity contribution in [3.8, 4) is 80.0 Å². The van der Waals surface area contributed by atoms with E-state index in [1.165, 1.54) is 0 Å². The molecule has 0 atom stereocenters. The lowest BCUT2D eigenvalue weighted by molar-refractivity contribution is 0.262. The zero-order chi connectivity index (χ0) is 50.1. The maximum Gasteiger partial charge on any atom is 0.164 e. The van der Waals surface area contributed by atoms with Crippen LogP contribution in [0.15, 0.2) is 48.5 Å². The van der Waals surface area contributed by atoms with Crippen LogP contribution in [0.4, 0.5) is 0 Å². The van der Waals surface area contributed by atoms with Gasteiger partial charge in [0.05, 0.1) is 39.6 Å². The molecule has 2 aliphatic rings. The van der Waals surface area contributed by atoms with Gasteiger partial charge in [-0.1, -0.05) is 80.1 Å². The molecule has 8 bridgehead atoms. The summed E-state index contributed by atoms with van der Waals surface area (Å²) in [4.78, 5) is 39.2. The van der Waals surface area contributed by atoms with Crippen LogP contribution < -0.4 is 28.4 Å². The van der Waals surface area contributed by atoms with Crippen LogP contribution in [0.25, 0.3) is 89.7 Å². The summed E-state index contributed by atoms with van der Waals surface area (Å²) in [6.07, 6.45) is 11.4. The quantitative estimate of drug-likeness (QED) is 0.0435. The average molecular weight is 1200 g/mol. The second-order valence-corrected chi connectivity index (χ2v) is 20.5. The van der Waals surface area contributed by atoms with Gasteiger partial charge in [0.1, 0.15) is 22.6 Å². The Bertz CT molecular complexity index is 3250. The highest BCUT2D eigenvalue weighted by Gasteiger charge is 2.28. The summed E-state index contributed by atoms with van der Waals surface area (Å²) in [6.45, 7) is 16.2. The molecule has 0 unspecified atom stereocenters. The molecule has 5 heterocycles. The molecule has 0 radical (unpaired) electrons. The minimum Gasteiger partial charge on any atom is -0.490 e. The Morgan fingerprint density at radius 2 is 0.556 bits per heavy atom. The third-order valence-corrected chi connectivity index (χ3v) is 15.4. The van der Waals surface area contributed by atoms with Crippen molar-refractivity contribution in [1.82, 2.24) is 39.9 Å². The van der Waals surface area contributed by atoms with Crippen molar-refractivity contribution in [2.24, 2.45) is 0 Å². The number of nitrogens with zero attached hydrogens (tertiary/aromatic N) is 6. The van der Waals surface area contributed by atoms with Gasteiger partial charge in [0.15, 0.2) is 57.8 Å². The first-order valence-electron chi connectivity index (χ1n) is 25.9.